The highest BCUT2D eigenvalue weighted by atomic mass is 16.5. The van der Waals surface area contributed by atoms with Crippen LogP contribution in [0.15, 0.2) is 79.0 Å². The summed E-state index contributed by atoms with van der Waals surface area (Å²) in [5.41, 5.74) is 1.25. The normalized spacial score (nSPS) is 11.9. The molecule has 1 atom stereocenters. The quantitative estimate of drug-likeness (QED) is 0.419. The lowest BCUT2D eigenvalue weighted by Crippen LogP contribution is -2.43. The Balaban J connectivity index is 1.76. The van der Waals surface area contributed by atoms with Crippen molar-refractivity contribution in [3.63, 3.8) is 0 Å². The second-order valence-corrected chi connectivity index (χ2v) is 6.77. The van der Waals surface area contributed by atoms with Crippen molar-refractivity contribution in [3.05, 3.63) is 90.3 Å². The number of nitrogens with zero attached hydrogens (tertiary/aromatic N) is 1. The highest BCUT2D eigenvalue weighted by Crippen LogP contribution is 2.29. The molecule has 1 amide bonds. The van der Waals surface area contributed by atoms with E-state index in [1.54, 1.807) is 24.4 Å². The number of esters is 1. The Morgan fingerprint density at radius 3 is 2.14 bits per heavy atom. The monoisotopic (exact) mass is 384 g/mol. The van der Waals surface area contributed by atoms with E-state index in [1.807, 2.05) is 48.5 Å². The molecule has 144 valence electrons. The van der Waals surface area contributed by atoms with E-state index in [2.05, 4.69) is 16.4 Å². The molecule has 3 aromatic carbocycles. The Hall–Kier alpha value is -3.73. The minimum absolute atomic E-state index is 0.254. The Labute approximate surface area is 168 Å². The Bertz CT molecular complexity index is 1130. The lowest BCUT2D eigenvalue weighted by Gasteiger charge is -2.19. The summed E-state index contributed by atoms with van der Waals surface area (Å²) in [6, 6.07) is 22.5. The van der Waals surface area contributed by atoms with Gasteiger partial charge in [-0.3, -0.25) is 9.78 Å². The fraction of sp³-hybridized carbons (Fsp3) is 0.125. The molecule has 1 N–H and O–H groups in total. The molecular weight excluding hydrogens is 364 g/mol. The van der Waals surface area contributed by atoms with Crippen LogP contribution in [0.1, 0.15) is 16.1 Å². The summed E-state index contributed by atoms with van der Waals surface area (Å²) in [6.07, 6.45) is 1.85. The molecule has 0 spiro atoms. The van der Waals surface area contributed by atoms with Gasteiger partial charge in [-0.2, -0.15) is 0 Å². The van der Waals surface area contributed by atoms with Crippen LogP contribution in [0.25, 0.3) is 21.5 Å². The number of methoxy groups -OCH3 is 1. The molecule has 4 aromatic rings. The number of nitrogens with one attached hydrogen (secondary N) is 1. The Morgan fingerprint density at radius 2 is 1.55 bits per heavy atom. The number of hydrogen-bond donors (Lipinski definition) is 1. The number of rotatable bonds is 5. The van der Waals surface area contributed by atoms with Crippen LogP contribution >= 0.6 is 0 Å². The van der Waals surface area contributed by atoms with Crippen molar-refractivity contribution >= 4 is 33.4 Å². The van der Waals surface area contributed by atoms with Gasteiger partial charge in [-0.1, -0.05) is 54.6 Å². The summed E-state index contributed by atoms with van der Waals surface area (Å²) >= 11 is 0. The van der Waals surface area contributed by atoms with Gasteiger partial charge >= 0.3 is 5.97 Å². The first-order valence-electron chi connectivity index (χ1n) is 9.36. The fourth-order valence-electron chi connectivity index (χ4n) is 3.60. The van der Waals surface area contributed by atoms with Crippen molar-refractivity contribution in [2.45, 2.75) is 12.5 Å². The number of carbonyl (C=O) groups is 2. The van der Waals surface area contributed by atoms with Crippen molar-refractivity contribution in [2.75, 3.05) is 7.11 Å². The number of hydrogen-bond acceptors (Lipinski definition) is 4. The van der Waals surface area contributed by atoms with Crippen LogP contribution in [0.2, 0.25) is 0 Å². The van der Waals surface area contributed by atoms with Crippen LogP contribution in [0.4, 0.5) is 0 Å². The second-order valence-electron chi connectivity index (χ2n) is 6.77. The zero-order valence-electron chi connectivity index (χ0n) is 16.0. The van der Waals surface area contributed by atoms with Crippen LogP contribution < -0.4 is 5.32 Å². The van der Waals surface area contributed by atoms with Gasteiger partial charge in [0.15, 0.2) is 0 Å². The van der Waals surface area contributed by atoms with Crippen molar-refractivity contribution in [2.24, 2.45) is 0 Å². The lowest BCUT2D eigenvalue weighted by atomic mass is 9.92. The van der Waals surface area contributed by atoms with E-state index >= 15 is 0 Å². The second kappa shape index (κ2) is 8.10. The topological polar surface area (TPSA) is 68.3 Å². The van der Waals surface area contributed by atoms with Crippen LogP contribution in [-0.2, 0) is 16.0 Å². The summed E-state index contributed by atoms with van der Waals surface area (Å²) in [5.74, 6) is -0.906. The van der Waals surface area contributed by atoms with Gasteiger partial charge in [0, 0.05) is 12.6 Å². The highest BCUT2D eigenvalue weighted by Gasteiger charge is 2.25. The summed E-state index contributed by atoms with van der Waals surface area (Å²) in [5, 5.41) is 7.05. The van der Waals surface area contributed by atoms with Gasteiger partial charge in [-0.25, -0.2) is 4.79 Å². The molecule has 1 aromatic heterocycles. The van der Waals surface area contributed by atoms with Gasteiger partial charge in [-0.05, 0) is 45.3 Å². The molecule has 5 heteroatoms. The molecule has 1 heterocycles. The van der Waals surface area contributed by atoms with Crippen molar-refractivity contribution in [1.29, 1.82) is 0 Å². The first kappa shape index (κ1) is 18.6. The molecule has 4 rings (SSSR count). The van der Waals surface area contributed by atoms with Gasteiger partial charge in [0.1, 0.15) is 11.7 Å². The average Bonchev–Trinajstić information content (AvgIpc) is 2.78. The van der Waals surface area contributed by atoms with Gasteiger partial charge in [-0.15, -0.1) is 0 Å². The number of aromatic nitrogens is 1. The summed E-state index contributed by atoms with van der Waals surface area (Å²) in [4.78, 5) is 29.2. The third-order valence-electron chi connectivity index (χ3n) is 4.98. The van der Waals surface area contributed by atoms with E-state index < -0.39 is 17.9 Å². The minimum atomic E-state index is -0.830. The smallest absolute Gasteiger partial charge is 0.328 e. The number of benzene rings is 3. The predicted molar refractivity (Wildman–Crippen MR) is 113 cm³/mol. The summed E-state index contributed by atoms with van der Waals surface area (Å²) in [6.45, 7) is 0. The van der Waals surface area contributed by atoms with Crippen molar-refractivity contribution in [1.82, 2.24) is 10.3 Å². The van der Waals surface area contributed by atoms with Crippen molar-refractivity contribution < 1.29 is 14.3 Å². The molecule has 29 heavy (non-hydrogen) atoms. The van der Waals surface area contributed by atoms with Crippen LogP contribution in [0.3, 0.4) is 0 Å². The van der Waals surface area contributed by atoms with E-state index in [4.69, 9.17) is 4.74 Å². The molecule has 0 aliphatic heterocycles. The Kier molecular flexibility index (Phi) is 5.20. The molecule has 0 saturated heterocycles. The molecule has 0 unspecified atom stereocenters. The molecular formula is C24H20N2O3. The first-order valence-corrected chi connectivity index (χ1v) is 9.36. The fourth-order valence-corrected chi connectivity index (χ4v) is 3.60. The maximum absolute atomic E-state index is 12.6. The highest BCUT2D eigenvalue weighted by molar-refractivity contribution is 6.03. The van der Waals surface area contributed by atoms with E-state index in [0.29, 0.717) is 6.42 Å². The number of carbonyl (C=O) groups excluding carboxylic acids is 2. The van der Waals surface area contributed by atoms with E-state index in [9.17, 15) is 9.59 Å². The van der Waals surface area contributed by atoms with Crippen LogP contribution in [0, 0.1) is 0 Å². The third-order valence-corrected chi connectivity index (χ3v) is 4.98. The molecule has 0 bridgehead atoms. The standard InChI is InChI=1S/C24H20N2O3/c1-29-24(28)22(26-23(27)21-12-6-7-13-25-21)15-20-18-10-4-2-8-16(18)14-17-9-3-5-11-19(17)20/h2-14,22H,15H2,1H3,(H,26,27)/t22-/m0/s1. The molecule has 0 aliphatic rings. The SMILES string of the molecule is COC(=O)[C@H](Cc1c2ccccc2cc2ccccc12)NC(=O)c1ccccn1. The van der Waals surface area contributed by atoms with Crippen molar-refractivity contribution in [3.8, 4) is 0 Å². The van der Waals surface area contributed by atoms with Gasteiger partial charge in [0.25, 0.3) is 5.91 Å². The maximum atomic E-state index is 12.6. The molecule has 5 nitrogen and oxygen atoms in total. The van der Waals surface area contributed by atoms with Crippen LogP contribution in [-0.4, -0.2) is 30.0 Å². The minimum Gasteiger partial charge on any atom is -0.467 e. The first-order chi connectivity index (χ1) is 14.2. The molecule has 0 radical (unpaired) electrons. The van der Waals surface area contributed by atoms with E-state index in [0.717, 1.165) is 27.1 Å². The van der Waals surface area contributed by atoms with Gasteiger partial charge < -0.3 is 10.1 Å². The lowest BCUT2D eigenvalue weighted by molar-refractivity contribution is -0.142. The van der Waals surface area contributed by atoms with Gasteiger partial charge in [0.05, 0.1) is 7.11 Å². The van der Waals surface area contributed by atoms with E-state index in [-0.39, 0.29) is 5.69 Å². The number of amides is 1. The molecule has 0 aliphatic carbocycles. The number of pyridine rings is 1. The number of fused-ring (bicyclic) bond motifs is 2. The zero-order valence-corrected chi connectivity index (χ0v) is 16.0. The van der Waals surface area contributed by atoms with Crippen LogP contribution in [0.5, 0.6) is 0 Å². The maximum Gasteiger partial charge on any atom is 0.328 e. The van der Waals surface area contributed by atoms with E-state index in [1.165, 1.54) is 7.11 Å². The Morgan fingerprint density at radius 1 is 0.931 bits per heavy atom. The average molecular weight is 384 g/mol. The third kappa shape index (κ3) is 3.80. The molecule has 0 fully saturated rings. The summed E-state index contributed by atoms with van der Waals surface area (Å²) in [7, 11) is 1.32. The zero-order chi connectivity index (χ0) is 20.2. The number of ether oxygens (including phenoxy) is 1. The molecule has 0 saturated carbocycles. The van der Waals surface area contributed by atoms with Gasteiger partial charge in [0.2, 0.25) is 0 Å². The predicted octanol–water partition coefficient (Wildman–Crippen LogP) is 3.90. The largest absolute Gasteiger partial charge is 0.467 e. The summed E-state index contributed by atoms with van der Waals surface area (Å²) < 4.78 is 4.97.